The Morgan fingerprint density at radius 3 is 2.78 bits per heavy atom. The summed E-state index contributed by atoms with van der Waals surface area (Å²) in [6, 6.07) is 12.6. The average molecular weight is 381 g/mol. The number of para-hydroxylation sites is 1. The number of Topliss-reactive ketones (excluding diaryl/α,β-unsaturated/α-hetero) is 1. The molecule has 3 aromatic rings. The van der Waals surface area contributed by atoms with Crippen molar-refractivity contribution in [3.05, 3.63) is 59.1 Å². The van der Waals surface area contributed by atoms with Gasteiger partial charge < -0.3 is 14.2 Å². The van der Waals surface area contributed by atoms with E-state index >= 15 is 0 Å². The van der Waals surface area contributed by atoms with E-state index in [0.29, 0.717) is 35.3 Å². The summed E-state index contributed by atoms with van der Waals surface area (Å²) >= 11 is 1.48. The predicted octanol–water partition coefficient (Wildman–Crippen LogP) is 3.51. The molecule has 1 aliphatic heterocycles. The van der Waals surface area contributed by atoms with E-state index in [9.17, 15) is 9.59 Å². The third-order valence-electron chi connectivity index (χ3n) is 3.88. The largest absolute Gasteiger partial charge is 0.486 e. The number of carbonyl (C=O) groups excluding carboxylic acids is 2. The monoisotopic (exact) mass is 381 g/mol. The highest BCUT2D eigenvalue weighted by molar-refractivity contribution is 7.19. The molecule has 7 heteroatoms. The number of ketones is 1. The predicted molar refractivity (Wildman–Crippen MR) is 101 cm³/mol. The highest BCUT2D eigenvalue weighted by atomic mass is 32.1. The summed E-state index contributed by atoms with van der Waals surface area (Å²) < 4.78 is 16.9. The zero-order valence-corrected chi connectivity index (χ0v) is 15.0. The van der Waals surface area contributed by atoms with Crippen molar-refractivity contribution < 1.29 is 23.8 Å². The Bertz CT molecular complexity index is 1010. The number of benzene rings is 2. The first-order valence-electron chi connectivity index (χ1n) is 8.32. The SMILES string of the molecule is O=C(/C=C/c1nc2ccccc2s1)OCC(=O)c1ccc2c(c1)OCCO2. The van der Waals surface area contributed by atoms with Gasteiger partial charge in [-0.3, -0.25) is 4.79 Å². The summed E-state index contributed by atoms with van der Waals surface area (Å²) in [7, 11) is 0. The number of rotatable bonds is 5. The number of hydrogen-bond donors (Lipinski definition) is 0. The number of hydrogen-bond acceptors (Lipinski definition) is 7. The molecule has 4 rings (SSSR count). The van der Waals surface area contributed by atoms with E-state index in [0.717, 1.165) is 10.2 Å². The van der Waals surface area contributed by atoms with Gasteiger partial charge in [0.05, 0.1) is 10.2 Å². The average Bonchev–Trinajstić information content (AvgIpc) is 3.13. The van der Waals surface area contributed by atoms with Gasteiger partial charge in [-0.05, 0) is 36.4 Å². The van der Waals surface area contributed by atoms with Gasteiger partial charge in [0, 0.05) is 11.6 Å². The lowest BCUT2D eigenvalue weighted by Crippen LogP contribution is -2.17. The Morgan fingerprint density at radius 2 is 1.93 bits per heavy atom. The van der Waals surface area contributed by atoms with E-state index in [1.807, 2.05) is 24.3 Å². The fourth-order valence-electron chi connectivity index (χ4n) is 2.59. The van der Waals surface area contributed by atoms with E-state index in [-0.39, 0.29) is 12.4 Å². The van der Waals surface area contributed by atoms with E-state index in [1.165, 1.54) is 17.4 Å². The molecule has 0 spiro atoms. The first-order valence-corrected chi connectivity index (χ1v) is 9.14. The molecule has 0 unspecified atom stereocenters. The maximum Gasteiger partial charge on any atom is 0.331 e. The van der Waals surface area contributed by atoms with Gasteiger partial charge in [-0.25, -0.2) is 9.78 Å². The van der Waals surface area contributed by atoms with Gasteiger partial charge in [0.25, 0.3) is 0 Å². The molecular formula is C20H15NO5S. The minimum absolute atomic E-state index is 0.311. The van der Waals surface area contributed by atoms with Crippen LogP contribution in [0.4, 0.5) is 0 Å². The summed E-state index contributed by atoms with van der Waals surface area (Å²) in [5, 5.41) is 0.700. The maximum absolute atomic E-state index is 12.2. The minimum atomic E-state index is -0.597. The molecular weight excluding hydrogens is 366 g/mol. The van der Waals surface area contributed by atoms with Crippen LogP contribution in [0.15, 0.2) is 48.5 Å². The molecule has 2 heterocycles. The smallest absolute Gasteiger partial charge is 0.331 e. The zero-order chi connectivity index (χ0) is 18.6. The number of carbonyl (C=O) groups is 2. The molecule has 0 saturated heterocycles. The number of fused-ring (bicyclic) bond motifs is 2. The van der Waals surface area contributed by atoms with E-state index in [4.69, 9.17) is 14.2 Å². The van der Waals surface area contributed by atoms with Crippen molar-refractivity contribution in [2.24, 2.45) is 0 Å². The van der Waals surface area contributed by atoms with Crippen molar-refractivity contribution in [1.29, 1.82) is 0 Å². The molecule has 0 aliphatic carbocycles. The second-order valence-corrected chi connectivity index (χ2v) is 6.80. The van der Waals surface area contributed by atoms with Gasteiger partial charge in [-0.15, -0.1) is 11.3 Å². The van der Waals surface area contributed by atoms with E-state index in [1.54, 1.807) is 24.3 Å². The number of thiazole rings is 1. The summed E-state index contributed by atoms with van der Waals surface area (Å²) in [6.45, 7) is 0.581. The van der Waals surface area contributed by atoms with Gasteiger partial charge in [-0.2, -0.15) is 0 Å². The van der Waals surface area contributed by atoms with Crippen LogP contribution in [0, 0.1) is 0 Å². The molecule has 1 aromatic heterocycles. The first-order chi connectivity index (χ1) is 13.2. The Hall–Kier alpha value is -3.19. The summed E-state index contributed by atoms with van der Waals surface area (Å²) in [6.07, 6.45) is 2.86. The lowest BCUT2D eigenvalue weighted by atomic mass is 10.1. The van der Waals surface area contributed by atoms with Crippen molar-refractivity contribution in [2.45, 2.75) is 0 Å². The van der Waals surface area contributed by atoms with Crippen molar-refractivity contribution in [3.8, 4) is 11.5 Å². The molecule has 0 N–H and O–H groups in total. The van der Waals surface area contributed by atoms with Gasteiger partial charge in [-0.1, -0.05) is 12.1 Å². The fraction of sp³-hybridized carbons (Fsp3) is 0.150. The molecule has 0 atom stereocenters. The molecule has 0 bridgehead atoms. The third kappa shape index (κ3) is 3.98. The van der Waals surface area contributed by atoms with Crippen LogP contribution < -0.4 is 9.47 Å². The van der Waals surface area contributed by atoms with Crippen LogP contribution in [0.25, 0.3) is 16.3 Å². The second-order valence-electron chi connectivity index (χ2n) is 5.74. The molecule has 136 valence electrons. The zero-order valence-electron chi connectivity index (χ0n) is 14.2. The molecule has 0 amide bonds. The highest BCUT2D eigenvalue weighted by Crippen LogP contribution is 2.30. The topological polar surface area (TPSA) is 74.7 Å². The van der Waals surface area contributed by atoms with Crippen LogP contribution in [-0.4, -0.2) is 36.6 Å². The number of aromatic nitrogens is 1. The quantitative estimate of drug-likeness (QED) is 0.383. The van der Waals surface area contributed by atoms with Crippen LogP contribution >= 0.6 is 11.3 Å². The van der Waals surface area contributed by atoms with Crippen LogP contribution in [0.1, 0.15) is 15.4 Å². The Morgan fingerprint density at radius 1 is 1.11 bits per heavy atom. The van der Waals surface area contributed by atoms with Gasteiger partial charge in [0.1, 0.15) is 18.2 Å². The standard InChI is InChI=1S/C20H15NO5S/c22-15(13-5-6-16-17(11-13)25-10-9-24-16)12-26-20(23)8-7-19-21-14-3-1-2-4-18(14)27-19/h1-8,11H,9-10,12H2/b8-7+. The lowest BCUT2D eigenvalue weighted by molar-refractivity contribution is -0.136. The Kier molecular flexibility index (Phi) is 4.84. The third-order valence-corrected chi connectivity index (χ3v) is 4.88. The second kappa shape index (κ2) is 7.59. The maximum atomic E-state index is 12.2. The number of ether oxygens (including phenoxy) is 3. The number of nitrogens with zero attached hydrogens (tertiary/aromatic N) is 1. The van der Waals surface area contributed by atoms with Crippen LogP contribution in [0.2, 0.25) is 0 Å². The Labute approximate surface area is 159 Å². The highest BCUT2D eigenvalue weighted by Gasteiger charge is 2.15. The lowest BCUT2D eigenvalue weighted by Gasteiger charge is -2.18. The van der Waals surface area contributed by atoms with E-state index < -0.39 is 5.97 Å². The summed E-state index contributed by atoms with van der Waals surface area (Å²) in [5.41, 5.74) is 1.28. The normalized spacial score (nSPS) is 13.0. The molecule has 2 aromatic carbocycles. The van der Waals surface area contributed by atoms with Gasteiger partial charge >= 0.3 is 5.97 Å². The molecule has 27 heavy (non-hydrogen) atoms. The first kappa shape index (κ1) is 17.2. The van der Waals surface area contributed by atoms with Gasteiger partial charge in [0.15, 0.2) is 23.9 Å². The molecule has 6 nitrogen and oxygen atoms in total. The van der Waals surface area contributed by atoms with Crippen molar-refractivity contribution in [2.75, 3.05) is 19.8 Å². The number of esters is 1. The molecule has 0 radical (unpaired) electrons. The van der Waals surface area contributed by atoms with Crippen LogP contribution in [-0.2, 0) is 9.53 Å². The van der Waals surface area contributed by atoms with Crippen molar-refractivity contribution in [1.82, 2.24) is 4.98 Å². The Balaban J connectivity index is 1.35. The molecule has 1 aliphatic rings. The van der Waals surface area contributed by atoms with Crippen LogP contribution in [0.5, 0.6) is 11.5 Å². The van der Waals surface area contributed by atoms with E-state index in [2.05, 4.69) is 4.98 Å². The molecule has 0 saturated carbocycles. The van der Waals surface area contributed by atoms with Crippen LogP contribution in [0.3, 0.4) is 0 Å². The van der Waals surface area contributed by atoms with Gasteiger partial charge in [0.2, 0.25) is 0 Å². The molecule has 0 fully saturated rings. The summed E-state index contributed by atoms with van der Waals surface area (Å²) in [4.78, 5) is 28.5. The fourth-order valence-corrected chi connectivity index (χ4v) is 3.46. The van der Waals surface area contributed by atoms with Crippen molar-refractivity contribution in [3.63, 3.8) is 0 Å². The minimum Gasteiger partial charge on any atom is -0.486 e. The van der Waals surface area contributed by atoms with Crippen molar-refractivity contribution >= 4 is 39.4 Å². The summed E-state index contributed by atoms with van der Waals surface area (Å²) in [5.74, 6) is 0.219.